The molecule has 0 bridgehead atoms. The average molecular weight is 770 g/mol. The minimum Gasteiger partial charge on any atom is -0.495 e. The molecule has 5 heterocycles. The number of likely N-dealkylation sites (N-methyl/N-ethyl adjacent to an activating group) is 1. The average Bonchev–Trinajstić information content (AvgIpc) is 3.73. The SMILES string of the molecule is CC[C@]12C=CCN3CC[C@@]4(c5cc(C#CCNc6ccc(C)c(Nc7nccc(-c8cccnc8)n7)c6)c(OC)cc5N(C)[C@H]4[C@@](O)(C(=O)OC)[C@@H]1OC(C)=O)C32. The van der Waals surface area contributed by atoms with Gasteiger partial charge in [-0.3, -0.25) is 14.7 Å². The maximum Gasteiger partial charge on any atom is 0.344 e. The van der Waals surface area contributed by atoms with Crippen molar-refractivity contribution in [3.05, 3.63) is 96.0 Å². The number of methoxy groups -OCH3 is 2. The van der Waals surface area contributed by atoms with E-state index in [9.17, 15) is 14.7 Å². The Kier molecular flexibility index (Phi) is 9.66. The maximum absolute atomic E-state index is 14.0. The Morgan fingerprint density at radius 1 is 1.11 bits per heavy atom. The zero-order valence-corrected chi connectivity index (χ0v) is 33.0. The number of aryl methyl sites for hydroxylation is 1. The highest BCUT2D eigenvalue weighted by molar-refractivity contribution is 5.87. The van der Waals surface area contributed by atoms with Gasteiger partial charge < -0.3 is 34.9 Å². The summed E-state index contributed by atoms with van der Waals surface area (Å²) < 4.78 is 17.3. The summed E-state index contributed by atoms with van der Waals surface area (Å²) in [6.07, 6.45) is 9.34. The number of hydrogen-bond donors (Lipinski definition) is 3. The van der Waals surface area contributed by atoms with E-state index in [4.69, 9.17) is 14.2 Å². The summed E-state index contributed by atoms with van der Waals surface area (Å²) in [7, 11) is 4.74. The van der Waals surface area contributed by atoms with Crippen molar-refractivity contribution >= 4 is 34.9 Å². The Balaban J connectivity index is 1.11. The number of aromatic nitrogens is 3. The summed E-state index contributed by atoms with van der Waals surface area (Å²) in [6, 6.07) is 14.7. The number of pyridine rings is 1. The van der Waals surface area contributed by atoms with E-state index in [1.807, 2.05) is 68.3 Å². The second kappa shape index (κ2) is 14.5. The number of benzene rings is 2. The van der Waals surface area contributed by atoms with E-state index in [0.717, 1.165) is 46.0 Å². The molecule has 4 aromatic rings. The van der Waals surface area contributed by atoms with Crippen LogP contribution in [0.5, 0.6) is 5.75 Å². The first-order valence-electron chi connectivity index (χ1n) is 19.2. The Morgan fingerprint density at radius 2 is 1.95 bits per heavy atom. The van der Waals surface area contributed by atoms with Crippen LogP contribution >= 0.6 is 0 Å². The molecule has 6 atom stereocenters. The maximum atomic E-state index is 14.0. The van der Waals surface area contributed by atoms with Crippen LogP contribution in [0.3, 0.4) is 0 Å². The highest BCUT2D eigenvalue weighted by Gasteiger charge is 2.80. The lowest BCUT2D eigenvalue weighted by Gasteiger charge is -2.63. The smallest absolute Gasteiger partial charge is 0.344 e. The summed E-state index contributed by atoms with van der Waals surface area (Å²) in [6.45, 7) is 7.14. The lowest BCUT2D eigenvalue weighted by Crippen LogP contribution is -2.81. The lowest BCUT2D eigenvalue weighted by atomic mass is 9.47. The second-order valence-electron chi connectivity index (χ2n) is 15.3. The number of carbonyl (C=O) groups is 2. The summed E-state index contributed by atoms with van der Waals surface area (Å²) >= 11 is 0. The molecule has 57 heavy (non-hydrogen) atoms. The van der Waals surface area contributed by atoms with Crippen molar-refractivity contribution < 1.29 is 28.9 Å². The van der Waals surface area contributed by atoms with Crippen LogP contribution in [0, 0.1) is 24.2 Å². The third-order valence-corrected chi connectivity index (χ3v) is 12.4. The Bertz CT molecular complexity index is 2330. The molecule has 1 unspecified atom stereocenters. The second-order valence-corrected chi connectivity index (χ2v) is 15.3. The van der Waals surface area contributed by atoms with Crippen LogP contribution < -0.4 is 20.3 Å². The first-order chi connectivity index (χ1) is 27.5. The Morgan fingerprint density at radius 3 is 2.68 bits per heavy atom. The van der Waals surface area contributed by atoms with E-state index >= 15 is 0 Å². The van der Waals surface area contributed by atoms with Gasteiger partial charge in [-0.25, -0.2) is 14.8 Å². The highest BCUT2D eigenvalue weighted by Crippen LogP contribution is 2.67. The quantitative estimate of drug-likeness (QED) is 0.119. The number of nitrogens with zero attached hydrogens (tertiary/aromatic N) is 5. The van der Waals surface area contributed by atoms with Crippen molar-refractivity contribution in [1.82, 2.24) is 19.9 Å². The van der Waals surface area contributed by atoms with Gasteiger partial charge in [0.25, 0.3) is 0 Å². The molecule has 3 N–H and O–H groups in total. The van der Waals surface area contributed by atoms with Gasteiger partial charge in [-0.15, -0.1) is 0 Å². The summed E-state index contributed by atoms with van der Waals surface area (Å²) in [5, 5.41) is 19.7. The third kappa shape index (κ3) is 5.89. The van der Waals surface area contributed by atoms with Gasteiger partial charge in [-0.2, -0.15) is 0 Å². The van der Waals surface area contributed by atoms with Gasteiger partial charge in [0.05, 0.1) is 38.1 Å². The number of carbonyl (C=O) groups excluding carboxylic acids is 2. The highest BCUT2D eigenvalue weighted by atomic mass is 16.6. The molecule has 0 amide bonds. The first kappa shape index (κ1) is 37.9. The van der Waals surface area contributed by atoms with Gasteiger partial charge in [0.15, 0.2) is 6.10 Å². The molecule has 1 saturated heterocycles. The van der Waals surface area contributed by atoms with Crippen molar-refractivity contribution in [2.24, 2.45) is 5.41 Å². The molecule has 3 aliphatic heterocycles. The van der Waals surface area contributed by atoms with Crippen LogP contribution in [0.25, 0.3) is 11.3 Å². The normalized spacial score (nSPS) is 26.6. The van der Waals surface area contributed by atoms with Gasteiger partial charge in [0.1, 0.15) is 5.75 Å². The molecule has 294 valence electrons. The number of aliphatic hydroxyl groups is 1. The molecule has 8 rings (SSSR count). The van der Waals surface area contributed by atoms with Gasteiger partial charge in [0.2, 0.25) is 11.5 Å². The summed E-state index contributed by atoms with van der Waals surface area (Å²) in [5.41, 5.74) is 3.09. The van der Waals surface area contributed by atoms with Crippen LogP contribution in [-0.4, -0.2) is 102 Å². The van der Waals surface area contributed by atoms with Crippen LogP contribution in [0.4, 0.5) is 23.0 Å². The fourth-order valence-electron chi connectivity index (χ4n) is 10.2. The number of anilines is 4. The molecule has 13 nitrogen and oxygen atoms in total. The van der Waals surface area contributed by atoms with Crippen LogP contribution in [-0.2, 0) is 24.5 Å². The van der Waals surface area contributed by atoms with E-state index in [0.29, 0.717) is 43.2 Å². The Labute approximate surface area is 332 Å². The van der Waals surface area contributed by atoms with Gasteiger partial charge in [-0.1, -0.05) is 37.0 Å². The van der Waals surface area contributed by atoms with Crippen LogP contribution in [0.2, 0.25) is 0 Å². The lowest BCUT2D eigenvalue weighted by molar-refractivity contribution is -0.228. The van der Waals surface area contributed by atoms with Gasteiger partial charge in [-0.05, 0) is 73.8 Å². The minimum atomic E-state index is -2.20. The molecule has 1 spiro atoms. The summed E-state index contributed by atoms with van der Waals surface area (Å²) in [4.78, 5) is 44.4. The zero-order valence-electron chi connectivity index (χ0n) is 33.0. The predicted molar refractivity (Wildman–Crippen MR) is 216 cm³/mol. The van der Waals surface area contributed by atoms with Crippen molar-refractivity contribution in [2.75, 3.05) is 56.4 Å². The fourth-order valence-corrected chi connectivity index (χ4v) is 10.2. The largest absolute Gasteiger partial charge is 0.495 e. The molecule has 2 aromatic carbocycles. The number of ether oxygens (including phenoxy) is 3. The van der Waals surface area contributed by atoms with Crippen LogP contribution in [0.1, 0.15) is 43.4 Å². The van der Waals surface area contributed by atoms with Crippen molar-refractivity contribution in [1.29, 1.82) is 0 Å². The molecule has 2 aromatic heterocycles. The summed E-state index contributed by atoms with van der Waals surface area (Å²) in [5.74, 6) is 6.28. The van der Waals surface area contributed by atoms with E-state index in [-0.39, 0.29) is 6.04 Å². The molecular formula is C44H47N7O6. The number of rotatable bonds is 9. The monoisotopic (exact) mass is 769 g/mol. The van der Waals surface area contributed by atoms with Crippen molar-refractivity contribution in [3.8, 4) is 28.8 Å². The molecule has 2 fully saturated rings. The first-order valence-corrected chi connectivity index (χ1v) is 19.2. The zero-order chi connectivity index (χ0) is 40.1. The van der Waals surface area contributed by atoms with E-state index in [1.54, 1.807) is 25.7 Å². The predicted octanol–water partition coefficient (Wildman–Crippen LogP) is 5.01. The number of fused-ring (bicyclic) bond motifs is 1. The van der Waals surface area contributed by atoms with Crippen molar-refractivity contribution in [2.45, 2.75) is 62.8 Å². The number of hydrogen-bond acceptors (Lipinski definition) is 13. The van der Waals surface area contributed by atoms with Gasteiger partial charge in [0, 0.05) is 84.7 Å². The third-order valence-electron chi connectivity index (χ3n) is 12.4. The molecule has 1 aliphatic carbocycles. The molecule has 13 heteroatoms. The van der Waals surface area contributed by atoms with E-state index in [2.05, 4.69) is 60.5 Å². The topological polar surface area (TPSA) is 151 Å². The molecule has 1 saturated carbocycles. The van der Waals surface area contributed by atoms with Gasteiger partial charge >= 0.3 is 11.9 Å². The Hall–Kier alpha value is -5.97. The fraction of sp³-hybridized carbons (Fsp3) is 0.386. The number of nitrogens with one attached hydrogen (secondary N) is 2. The van der Waals surface area contributed by atoms with Crippen molar-refractivity contribution in [3.63, 3.8) is 0 Å². The van der Waals surface area contributed by atoms with E-state index in [1.165, 1.54) is 14.0 Å². The molecular weight excluding hydrogens is 723 g/mol. The van der Waals surface area contributed by atoms with E-state index < -0.39 is 40.5 Å². The molecule has 0 radical (unpaired) electrons. The van der Waals surface area contributed by atoms with Crippen LogP contribution in [0.15, 0.2) is 79.3 Å². The number of esters is 2. The minimum absolute atomic E-state index is 0.189. The molecule has 4 aliphatic rings. The standard InChI is InChI=1S/C44H47N7O6/c1-7-42-16-10-21-51-22-17-43(37(42)51)32-23-29(36(55-5)25-35(32)50(4)38(43)44(54,40(53)56-6)39(42)57-28(3)52)11-9-19-46-31-14-13-27(2)34(24-31)49-41-47-20-15-33(48-41)30-12-8-18-45-26-30/h8,10,12-16,18,20,23-26,37-39,46,54H,7,17,19,21-22H2,1-6H3,(H,47,48,49)/t37?,38-,39-,42-,43-,44+/m1/s1.